The van der Waals surface area contributed by atoms with Gasteiger partial charge in [0, 0.05) is 6.54 Å². The molecule has 0 saturated heterocycles. The molecule has 0 radical (unpaired) electrons. The Hall–Kier alpha value is -2.31. The van der Waals surface area contributed by atoms with E-state index in [9.17, 15) is 0 Å². The second kappa shape index (κ2) is 6.64. The van der Waals surface area contributed by atoms with Crippen molar-refractivity contribution in [2.24, 2.45) is 0 Å². The number of nitrogens with zero attached hydrogens (tertiary/aromatic N) is 5. The first-order valence-electron chi connectivity index (χ1n) is 7.05. The van der Waals surface area contributed by atoms with Crippen LogP contribution in [-0.2, 0) is 13.2 Å². The van der Waals surface area contributed by atoms with Crippen LogP contribution in [0.1, 0.15) is 5.56 Å². The number of tetrazole rings is 1. The topological polar surface area (TPSA) is 38.9 Å². The quantitative estimate of drug-likeness (QED) is 0.679. The number of benzene rings is 2. The first-order valence-corrected chi connectivity index (χ1v) is 7.45. The summed E-state index contributed by atoms with van der Waals surface area (Å²) in [5.74, 6) is 0. The third-order valence-electron chi connectivity index (χ3n) is 3.31. The van der Waals surface area contributed by atoms with E-state index in [0.717, 1.165) is 12.2 Å². The molecule has 0 fully saturated rings. The van der Waals surface area contributed by atoms with Crippen molar-refractivity contribution >= 4 is 12.2 Å². The van der Waals surface area contributed by atoms with E-state index >= 15 is 0 Å². The van der Waals surface area contributed by atoms with Gasteiger partial charge >= 0.3 is 0 Å². The third kappa shape index (κ3) is 3.29. The van der Waals surface area contributed by atoms with Gasteiger partial charge < -0.3 is 0 Å². The molecule has 0 aliphatic heterocycles. The molecule has 1 aromatic heterocycles. The van der Waals surface area contributed by atoms with E-state index in [-0.39, 0.29) is 0 Å². The Morgan fingerprint density at radius 1 is 0.955 bits per heavy atom. The number of rotatable bonds is 5. The summed E-state index contributed by atoms with van der Waals surface area (Å²) >= 11 is 5.46. The van der Waals surface area contributed by atoms with Gasteiger partial charge in [-0.25, -0.2) is 4.68 Å². The lowest BCUT2D eigenvalue weighted by molar-refractivity contribution is 0.242. The van der Waals surface area contributed by atoms with Gasteiger partial charge in [0.05, 0.1) is 12.4 Å². The molecule has 5 nitrogen and oxygen atoms in total. The Bertz CT molecular complexity index is 779. The number of para-hydroxylation sites is 1. The summed E-state index contributed by atoms with van der Waals surface area (Å²) in [6.07, 6.45) is 0. The summed E-state index contributed by atoms with van der Waals surface area (Å²) in [5, 5.41) is 8.30. The van der Waals surface area contributed by atoms with Crippen LogP contribution in [0, 0.1) is 4.77 Å². The molecule has 0 amide bonds. The van der Waals surface area contributed by atoms with Crippen molar-refractivity contribution in [3.8, 4) is 5.69 Å². The summed E-state index contributed by atoms with van der Waals surface area (Å²) < 4.78 is 3.99. The smallest absolute Gasteiger partial charge is 0.221 e. The van der Waals surface area contributed by atoms with E-state index in [1.165, 1.54) is 5.56 Å². The third-order valence-corrected chi connectivity index (χ3v) is 3.69. The molecular formula is C16H17N5S. The van der Waals surface area contributed by atoms with Gasteiger partial charge in [-0.1, -0.05) is 48.5 Å². The minimum absolute atomic E-state index is 0.589. The van der Waals surface area contributed by atoms with Crippen LogP contribution >= 0.6 is 12.2 Å². The Labute approximate surface area is 134 Å². The zero-order valence-corrected chi connectivity index (χ0v) is 13.1. The molecule has 0 spiro atoms. The number of hydrogen-bond acceptors (Lipinski definition) is 4. The molecule has 6 heteroatoms. The van der Waals surface area contributed by atoms with Gasteiger partial charge in [0.1, 0.15) is 0 Å². The predicted octanol–water partition coefficient (Wildman–Crippen LogP) is 2.89. The maximum Gasteiger partial charge on any atom is 0.221 e. The molecule has 0 unspecified atom stereocenters. The van der Waals surface area contributed by atoms with E-state index < -0.39 is 0 Å². The highest BCUT2D eigenvalue weighted by atomic mass is 32.1. The van der Waals surface area contributed by atoms with Gasteiger partial charge in [-0.15, -0.1) is 0 Å². The highest BCUT2D eigenvalue weighted by Gasteiger charge is 2.08. The molecule has 0 saturated carbocycles. The van der Waals surface area contributed by atoms with Crippen molar-refractivity contribution in [3.63, 3.8) is 0 Å². The van der Waals surface area contributed by atoms with Crippen LogP contribution in [-0.4, -0.2) is 31.7 Å². The van der Waals surface area contributed by atoms with Crippen LogP contribution in [0.4, 0.5) is 0 Å². The predicted molar refractivity (Wildman–Crippen MR) is 88.1 cm³/mol. The van der Waals surface area contributed by atoms with Crippen LogP contribution in [0.2, 0.25) is 0 Å². The molecule has 0 bridgehead atoms. The maximum atomic E-state index is 5.46. The van der Waals surface area contributed by atoms with Crippen molar-refractivity contribution in [1.82, 2.24) is 24.7 Å². The molecule has 1 heterocycles. The summed E-state index contributed by atoms with van der Waals surface area (Å²) in [6.45, 7) is 1.43. The van der Waals surface area contributed by atoms with Crippen LogP contribution in [0.3, 0.4) is 0 Å². The SMILES string of the molecule is CN(Cc1ccccc1)Cn1nnn(-c2ccccc2)c1=S. The van der Waals surface area contributed by atoms with Gasteiger partial charge in [-0.05, 0) is 47.4 Å². The van der Waals surface area contributed by atoms with E-state index in [0.29, 0.717) is 11.4 Å². The Kier molecular flexibility index (Phi) is 4.41. The fourth-order valence-electron chi connectivity index (χ4n) is 2.27. The average molecular weight is 311 g/mol. The number of aromatic nitrogens is 4. The molecule has 2 aromatic carbocycles. The summed E-state index contributed by atoms with van der Waals surface area (Å²) in [7, 11) is 2.04. The molecule has 112 valence electrons. The lowest BCUT2D eigenvalue weighted by Crippen LogP contribution is -2.22. The van der Waals surface area contributed by atoms with E-state index in [1.807, 2.05) is 55.6 Å². The monoisotopic (exact) mass is 311 g/mol. The molecule has 0 aliphatic carbocycles. The maximum absolute atomic E-state index is 5.46. The first kappa shape index (κ1) is 14.6. The lowest BCUT2D eigenvalue weighted by atomic mass is 10.2. The Morgan fingerprint density at radius 2 is 1.59 bits per heavy atom. The molecule has 0 aliphatic rings. The summed E-state index contributed by atoms with van der Waals surface area (Å²) in [4.78, 5) is 2.15. The standard InChI is InChI=1S/C16H17N5S/c1-19(12-14-8-4-2-5-9-14)13-20-16(22)21(18-17-20)15-10-6-3-7-11-15/h2-11H,12-13H2,1H3. The van der Waals surface area contributed by atoms with Crippen LogP contribution < -0.4 is 0 Å². The fraction of sp³-hybridized carbons (Fsp3) is 0.188. The van der Waals surface area contributed by atoms with Gasteiger partial charge in [0.15, 0.2) is 0 Å². The molecule has 0 N–H and O–H groups in total. The van der Waals surface area contributed by atoms with E-state index in [2.05, 4.69) is 27.5 Å². The minimum Gasteiger partial charge on any atom is -0.283 e. The molecule has 3 aromatic rings. The van der Waals surface area contributed by atoms with Gasteiger partial charge in [-0.3, -0.25) is 4.90 Å². The van der Waals surface area contributed by atoms with Crippen molar-refractivity contribution in [3.05, 3.63) is 71.0 Å². The van der Waals surface area contributed by atoms with E-state index in [4.69, 9.17) is 12.2 Å². The Balaban J connectivity index is 1.74. The van der Waals surface area contributed by atoms with Crippen LogP contribution in [0.5, 0.6) is 0 Å². The normalized spacial score (nSPS) is 11.0. The first-order chi connectivity index (χ1) is 10.7. The molecule has 0 atom stereocenters. The second-order valence-corrected chi connectivity index (χ2v) is 5.51. The van der Waals surface area contributed by atoms with Gasteiger partial charge in [-0.2, -0.15) is 4.68 Å². The molecular weight excluding hydrogens is 294 g/mol. The second-order valence-electron chi connectivity index (χ2n) is 5.15. The minimum atomic E-state index is 0.589. The average Bonchev–Trinajstić information content (AvgIpc) is 2.90. The highest BCUT2D eigenvalue weighted by Crippen LogP contribution is 2.07. The lowest BCUT2D eigenvalue weighted by Gasteiger charge is -2.15. The zero-order valence-electron chi connectivity index (χ0n) is 12.3. The van der Waals surface area contributed by atoms with Gasteiger partial charge in [0.25, 0.3) is 0 Å². The largest absolute Gasteiger partial charge is 0.283 e. The van der Waals surface area contributed by atoms with E-state index in [1.54, 1.807) is 9.36 Å². The Morgan fingerprint density at radius 3 is 2.27 bits per heavy atom. The molecule has 3 rings (SSSR count). The van der Waals surface area contributed by atoms with Crippen molar-refractivity contribution in [2.75, 3.05) is 7.05 Å². The van der Waals surface area contributed by atoms with Crippen molar-refractivity contribution in [2.45, 2.75) is 13.2 Å². The molecule has 22 heavy (non-hydrogen) atoms. The van der Waals surface area contributed by atoms with Crippen LogP contribution in [0.15, 0.2) is 60.7 Å². The van der Waals surface area contributed by atoms with Gasteiger partial charge in [0.2, 0.25) is 4.77 Å². The number of hydrogen-bond donors (Lipinski definition) is 0. The summed E-state index contributed by atoms with van der Waals surface area (Å²) in [5.41, 5.74) is 2.18. The van der Waals surface area contributed by atoms with Crippen LogP contribution in [0.25, 0.3) is 5.69 Å². The fourth-order valence-corrected chi connectivity index (χ4v) is 2.50. The van der Waals surface area contributed by atoms with Crippen molar-refractivity contribution in [1.29, 1.82) is 0 Å². The zero-order chi connectivity index (χ0) is 15.4. The van der Waals surface area contributed by atoms with Crippen molar-refractivity contribution < 1.29 is 0 Å². The highest BCUT2D eigenvalue weighted by molar-refractivity contribution is 7.71. The summed E-state index contributed by atoms with van der Waals surface area (Å²) in [6, 6.07) is 20.1.